The summed E-state index contributed by atoms with van der Waals surface area (Å²) in [5.41, 5.74) is 2.77. The number of anilines is 1. The van der Waals surface area contributed by atoms with Crippen LogP contribution >= 0.6 is 11.3 Å². The van der Waals surface area contributed by atoms with Crippen LogP contribution in [-0.4, -0.2) is 33.1 Å². The van der Waals surface area contributed by atoms with Gasteiger partial charge in [0.25, 0.3) is 11.5 Å². The summed E-state index contributed by atoms with van der Waals surface area (Å²) in [5, 5.41) is 11.8. The van der Waals surface area contributed by atoms with Gasteiger partial charge in [0, 0.05) is 37.5 Å². The molecule has 2 heterocycles. The maximum atomic E-state index is 12.3. The minimum absolute atomic E-state index is 0.0149. The summed E-state index contributed by atoms with van der Waals surface area (Å²) in [6.07, 6.45) is 1.76. The van der Waals surface area contributed by atoms with Crippen LogP contribution in [0.1, 0.15) is 29.4 Å². The van der Waals surface area contributed by atoms with Crippen LogP contribution in [0.4, 0.5) is 5.13 Å². The molecular weight excluding hydrogens is 390 g/mol. The lowest BCUT2D eigenvalue weighted by Gasteiger charge is -2.04. The molecule has 2 N–H and O–H groups in total. The molecule has 2 aromatic heterocycles. The van der Waals surface area contributed by atoms with Crippen LogP contribution in [0.5, 0.6) is 0 Å². The third-order valence-corrected chi connectivity index (χ3v) is 4.94. The van der Waals surface area contributed by atoms with Crippen molar-refractivity contribution in [1.29, 1.82) is 0 Å². The molecule has 0 aliphatic carbocycles. The van der Waals surface area contributed by atoms with Crippen molar-refractivity contribution < 1.29 is 9.59 Å². The Hall–Kier alpha value is -3.33. The normalized spacial score (nSPS) is 10.6. The van der Waals surface area contributed by atoms with Crippen LogP contribution in [-0.2, 0) is 18.3 Å². The van der Waals surface area contributed by atoms with Crippen LogP contribution in [0.3, 0.4) is 0 Å². The first-order valence-corrected chi connectivity index (χ1v) is 9.95. The predicted molar refractivity (Wildman–Crippen MR) is 112 cm³/mol. The van der Waals surface area contributed by atoms with Gasteiger partial charge in [0.1, 0.15) is 5.69 Å². The van der Waals surface area contributed by atoms with Gasteiger partial charge in [-0.25, -0.2) is 9.67 Å². The Morgan fingerprint density at radius 2 is 1.90 bits per heavy atom. The number of nitrogens with one attached hydrogen (secondary N) is 2. The molecule has 0 saturated heterocycles. The Kier molecular flexibility index (Phi) is 6.50. The zero-order valence-electron chi connectivity index (χ0n) is 16.1. The first-order valence-electron chi connectivity index (χ1n) is 9.07. The van der Waals surface area contributed by atoms with E-state index in [-0.39, 0.29) is 17.2 Å². The molecule has 3 rings (SSSR count). The van der Waals surface area contributed by atoms with Gasteiger partial charge in [-0.2, -0.15) is 5.10 Å². The van der Waals surface area contributed by atoms with Gasteiger partial charge in [0.05, 0.1) is 5.69 Å². The number of nitrogens with zero attached hydrogens (tertiary/aromatic N) is 3. The van der Waals surface area contributed by atoms with Crippen LogP contribution < -0.4 is 16.2 Å². The summed E-state index contributed by atoms with van der Waals surface area (Å²) in [4.78, 5) is 39.0. The van der Waals surface area contributed by atoms with Crippen molar-refractivity contribution in [3.8, 4) is 11.3 Å². The van der Waals surface area contributed by atoms with E-state index < -0.39 is 5.91 Å². The lowest BCUT2D eigenvalue weighted by molar-refractivity contribution is -0.118. The van der Waals surface area contributed by atoms with Crippen molar-refractivity contribution in [2.24, 2.45) is 7.05 Å². The molecule has 150 valence electrons. The van der Waals surface area contributed by atoms with Gasteiger partial charge in [-0.1, -0.05) is 24.3 Å². The van der Waals surface area contributed by atoms with E-state index in [2.05, 4.69) is 20.7 Å². The molecule has 0 spiro atoms. The molecule has 0 bridgehead atoms. The van der Waals surface area contributed by atoms with Crippen molar-refractivity contribution in [3.63, 3.8) is 0 Å². The zero-order chi connectivity index (χ0) is 20.8. The molecule has 29 heavy (non-hydrogen) atoms. The first kappa shape index (κ1) is 20.4. The fourth-order valence-electron chi connectivity index (χ4n) is 2.65. The van der Waals surface area contributed by atoms with Gasteiger partial charge in [0.15, 0.2) is 5.13 Å². The van der Waals surface area contributed by atoms with Crippen LogP contribution in [0.25, 0.3) is 11.3 Å². The van der Waals surface area contributed by atoms with Crippen molar-refractivity contribution in [2.45, 2.75) is 19.8 Å². The Bertz CT molecular complexity index is 1070. The highest BCUT2D eigenvalue weighted by molar-refractivity contribution is 7.14. The Balaban J connectivity index is 1.60. The van der Waals surface area contributed by atoms with Gasteiger partial charge >= 0.3 is 0 Å². The molecule has 0 aliphatic heterocycles. The van der Waals surface area contributed by atoms with Gasteiger partial charge in [-0.15, -0.1) is 11.3 Å². The van der Waals surface area contributed by atoms with E-state index in [1.165, 1.54) is 43.0 Å². The van der Waals surface area contributed by atoms with Crippen LogP contribution in [0.15, 0.2) is 46.6 Å². The summed E-state index contributed by atoms with van der Waals surface area (Å²) in [6, 6.07) is 10.7. The molecule has 2 amide bonds. The molecule has 0 aliphatic rings. The summed E-state index contributed by atoms with van der Waals surface area (Å²) < 4.78 is 1.11. The topological polar surface area (TPSA) is 106 Å². The Labute approximate surface area is 171 Å². The molecule has 8 nitrogen and oxygen atoms in total. The van der Waals surface area contributed by atoms with Crippen molar-refractivity contribution >= 4 is 28.3 Å². The number of benzene rings is 1. The largest absolute Gasteiger partial charge is 0.356 e. The van der Waals surface area contributed by atoms with Gasteiger partial charge < -0.3 is 5.32 Å². The lowest BCUT2D eigenvalue weighted by atomic mass is 10.1. The lowest BCUT2D eigenvalue weighted by Crippen LogP contribution is -2.23. The first-order chi connectivity index (χ1) is 13.9. The summed E-state index contributed by atoms with van der Waals surface area (Å²) in [5.74, 6) is -0.435. The fraction of sp³-hybridized carbons (Fsp3) is 0.250. The monoisotopic (exact) mass is 411 g/mol. The smallest absolute Gasteiger partial charge is 0.277 e. The number of carbonyl (C=O) groups is 2. The third-order valence-electron chi connectivity index (χ3n) is 4.18. The molecule has 1 aromatic carbocycles. The Morgan fingerprint density at radius 3 is 2.59 bits per heavy atom. The van der Waals surface area contributed by atoms with Gasteiger partial charge in [-0.05, 0) is 24.5 Å². The summed E-state index contributed by atoms with van der Waals surface area (Å²) in [7, 11) is 1.49. The quantitative estimate of drug-likeness (QED) is 0.580. The second-order valence-corrected chi connectivity index (χ2v) is 7.31. The molecule has 9 heteroatoms. The molecular formula is C20H21N5O3S. The van der Waals surface area contributed by atoms with Crippen molar-refractivity contribution in [2.75, 3.05) is 11.9 Å². The van der Waals surface area contributed by atoms with Gasteiger partial charge in [-0.3, -0.25) is 19.7 Å². The molecule has 0 unspecified atom stereocenters. The second kappa shape index (κ2) is 9.24. The highest BCUT2D eigenvalue weighted by atomic mass is 32.1. The maximum Gasteiger partial charge on any atom is 0.277 e. The van der Waals surface area contributed by atoms with E-state index in [0.29, 0.717) is 11.7 Å². The minimum Gasteiger partial charge on any atom is -0.356 e. The van der Waals surface area contributed by atoms with Crippen molar-refractivity contribution in [1.82, 2.24) is 20.1 Å². The zero-order valence-corrected chi connectivity index (χ0v) is 17.0. The highest BCUT2D eigenvalue weighted by Crippen LogP contribution is 2.25. The SMILES string of the molecule is CC(=O)NCCCc1ccc(-c2csc(NC(=O)c3ccc(=O)n(C)n3)n2)cc1. The number of rotatable bonds is 7. The standard InChI is InChI=1S/C20H21N5O3S/c1-13(26)21-11-3-4-14-5-7-15(8-6-14)17-12-29-20(22-17)23-19(28)16-9-10-18(27)25(2)24-16/h5-10,12H,3-4,11H2,1-2H3,(H,21,26)(H,22,23,28). The van der Waals surface area contributed by atoms with Crippen LogP contribution in [0.2, 0.25) is 0 Å². The number of hydrogen-bond donors (Lipinski definition) is 2. The van der Waals surface area contributed by atoms with Crippen molar-refractivity contribution in [3.05, 3.63) is 63.4 Å². The molecule has 0 atom stereocenters. The van der Waals surface area contributed by atoms with Crippen LogP contribution in [0, 0.1) is 0 Å². The van der Waals surface area contributed by atoms with E-state index in [9.17, 15) is 14.4 Å². The van der Waals surface area contributed by atoms with E-state index in [1.54, 1.807) is 0 Å². The average molecular weight is 411 g/mol. The molecule has 0 radical (unpaired) electrons. The van der Waals surface area contributed by atoms with E-state index >= 15 is 0 Å². The fourth-order valence-corrected chi connectivity index (χ4v) is 3.36. The van der Waals surface area contributed by atoms with E-state index in [4.69, 9.17) is 0 Å². The molecule has 0 fully saturated rings. The van der Waals surface area contributed by atoms with E-state index in [0.717, 1.165) is 28.8 Å². The maximum absolute atomic E-state index is 12.3. The number of amides is 2. The number of thiazole rings is 1. The van der Waals surface area contributed by atoms with Gasteiger partial charge in [0.2, 0.25) is 5.91 Å². The number of carbonyl (C=O) groups excluding carboxylic acids is 2. The summed E-state index contributed by atoms with van der Waals surface area (Å²) in [6.45, 7) is 2.18. The highest BCUT2D eigenvalue weighted by Gasteiger charge is 2.12. The second-order valence-electron chi connectivity index (χ2n) is 6.46. The Morgan fingerprint density at radius 1 is 1.14 bits per heavy atom. The minimum atomic E-state index is -0.420. The van der Waals surface area contributed by atoms with E-state index in [1.807, 2.05) is 29.6 Å². The number of aromatic nitrogens is 3. The predicted octanol–water partition coefficient (Wildman–Crippen LogP) is 2.22. The average Bonchev–Trinajstić information content (AvgIpc) is 3.16. The molecule has 0 saturated carbocycles. The molecule has 3 aromatic rings. The number of hydrogen-bond acceptors (Lipinski definition) is 6. The number of aryl methyl sites for hydroxylation is 2. The third kappa shape index (κ3) is 5.58. The summed E-state index contributed by atoms with van der Waals surface area (Å²) >= 11 is 1.32.